The standard InChI is InChI=1S/C16H27NO2/c1-12(2)10-17-11-16(13(3)4)19-15-8-6-14(18-5)7-9-15/h6-9,12-13,16-17H,10-11H2,1-5H3. The van der Waals surface area contributed by atoms with E-state index in [2.05, 4.69) is 33.0 Å². The zero-order valence-corrected chi connectivity index (χ0v) is 12.8. The summed E-state index contributed by atoms with van der Waals surface area (Å²) in [6.07, 6.45) is 0.187. The topological polar surface area (TPSA) is 30.5 Å². The van der Waals surface area contributed by atoms with Crippen molar-refractivity contribution in [3.63, 3.8) is 0 Å². The van der Waals surface area contributed by atoms with E-state index < -0.39 is 0 Å². The molecule has 108 valence electrons. The Kier molecular flexibility index (Phi) is 6.71. The van der Waals surface area contributed by atoms with E-state index in [0.717, 1.165) is 24.6 Å². The third kappa shape index (κ3) is 5.97. The molecule has 0 radical (unpaired) electrons. The van der Waals surface area contributed by atoms with Crippen molar-refractivity contribution >= 4 is 0 Å². The van der Waals surface area contributed by atoms with Crippen LogP contribution in [0.25, 0.3) is 0 Å². The molecule has 19 heavy (non-hydrogen) atoms. The van der Waals surface area contributed by atoms with Gasteiger partial charge in [0, 0.05) is 6.54 Å². The molecule has 0 spiro atoms. The van der Waals surface area contributed by atoms with E-state index >= 15 is 0 Å². The summed E-state index contributed by atoms with van der Waals surface area (Å²) in [7, 11) is 1.67. The van der Waals surface area contributed by atoms with Crippen molar-refractivity contribution in [1.82, 2.24) is 5.32 Å². The van der Waals surface area contributed by atoms with E-state index in [4.69, 9.17) is 9.47 Å². The number of hydrogen-bond acceptors (Lipinski definition) is 3. The summed E-state index contributed by atoms with van der Waals surface area (Å²) in [6.45, 7) is 10.7. The van der Waals surface area contributed by atoms with E-state index in [1.807, 2.05) is 24.3 Å². The van der Waals surface area contributed by atoms with Gasteiger partial charge >= 0.3 is 0 Å². The number of methoxy groups -OCH3 is 1. The van der Waals surface area contributed by atoms with Gasteiger partial charge < -0.3 is 14.8 Å². The summed E-state index contributed by atoms with van der Waals surface area (Å²) in [6, 6.07) is 7.76. The van der Waals surface area contributed by atoms with Crippen molar-refractivity contribution in [3.05, 3.63) is 24.3 Å². The van der Waals surface area contributed by atoms with Crippen LogP contribution < -0.4 is 14.8 Å². The van der Waals surface area contributed by atoms with Gasteiger partial charge in [0.15, 0.2) is 0 Å². The van der Waals surface area contributed by atoms with Crippen LogP contribution in [-0.4, -0.2) is 26.3 Å². The third-order valence-electron chi connectivity index (χ3n) is 2.99. The Morgan fingerprint density at radius 3 is 2.00 bits per heavy atom. The molecular weight excluding hydrogens is 238 g/mol. The molecule has 0 saturated carbocycles. The molecule has 0 aromatic heterocycles. The molecule has 1 N–H and O–H groups in total. The normalized spacial score (nSPS) is 12.8. The van der Waals surface area contributed by atoms with Gasteiger partial charge in [0.1, 0.15) is 17.6 Å². The fraction of sp³-hybridized carbons (Fsp3) is 0.625. The van der Waals surface area contributed by atoms with Crippen LogP contribution in [0.1, 0.15) is 27.7 Å². The molecule has 1 rings (SSSR count). The van der Waals surface area contributed by atoms with Gasteiger partial charge in [-0.15, -0.1) is 0 Å². The SMILES string of the molecule is COc1ccc(OC(CNCC(C)C)C(C)C)cc1. The van der Waals surface area contributed by atoms with Crippen molar-refractivity contribution in [1.29, 1.82) is 0 Å². The quantitative estimate of drug-likeness (QED) is 0.782. The Morgan fingerprint density at radius 1 is 0.947 bits per heavy atom. The van der Waals surface area contributed by atoms with E-state index in [1.54, 1.807) is 7.11 Å². The first-order valence-corrected chi connectivity index (χ1v) is 7.04. The van der Waals surface area contributed by atoms with Crippen LogP contribution in [0.15, 0.2) is 24.3 Å². The first-order valence-electron chi connectivity index (χ1n) is 7.04. The molecule has 1 unspecified atom stereocenters. The van der Waals surface area contributed by atoms with Crippen LogP contribution in [0, 0.1) is 11.8 Å². The van der Waals surface area contributed by atoms with Gasteiger partial charge in [0.2, 0.25) is 0 Å². The number of ether oxygens (including phenoxy) is 2. The van der Waals surface area contributed by atoms with Gasteiger partial charge in [0.05, 0.1) is 7.11 Å². The number of benzene rings is 1. The van der Waals surface area contributed by atoms with Crippen LogP contribution >= 0.6 is 0 Å². The largest absolute Gasteiger partial charge is 0.497 e. The fourth-order valence-corrected chi connectivity index (χ4v) is 1.76. The maximum atomic E-state index is 6.04. The van der Waals surface area contributed by atoms with Crippen molar-refractivity contribution in [3.8, 4) is 11.5 Å². The average molecular weight is 265 g/mol. The fourth-order valence-electron chi connectivity index (χ4n) is 1.76. The molecular formula is C16H27NO2. The summed E-state index contributed by atoms with van der Waals surface area (Å²) in [5.41, 5.74) is 0. The predicted molar refractivity (Wildman–Crippen MR) is 80.0 cm³/mol. The zero-order valence-electron chi connectivity index (χ0n) is 12.8. The third-order valence-corrected chi connectivity index (χ3v) is 2.99. The minimum absolute atomic E-state index is 0.187. The summed E-state index contributed by atoms with van der Waals surface area (Å²) in [4.78, 5) is 0. The lowest BCUT2D eigenvalue weighted by Crippen LogP contribution is -2.36. The molecule has 0 fully saturated rings. The second-order valence-corrected chi connectivity index (χ2v) is 5.63. The first kappa shape index (κ1) is 15.8. The number of rotatable bonds is 8. The highest BCUT2D eigenvalue weighted by atomic mass is 16.5. The lowest BCUT2D eigenvalue weighted by Gasteiger charge is -2.23. The minimum Gasteiger partial charge on any atom is -0.497 e. The highest BCUT2D eigenvalue weighted by Gasteiger charge is 2.15. The average Bonchev–Trinajstić information content (AvgIpc) is 2.37. The van der Waals surface area contributed by atoms with Crippen molar-refractivity contribution in [2.75, 3.05) is 20.2 Å². The van der Waals surface area contributed by atoms with Crippen LogP contribution in [-0.2, 0) is 0 Å². The van der Waals surface area contributed by atoms with Crippen molar-refractivity contribution in [2.45, 2.75) is 33.8 Å². The smallest absolute Gasteiger partial charge is 0.120 e. The van der Waals surface area contributed by atoms with E-state index in [0.29, 0.717) is 11.8 Å². The lowest BCUT2D eigenvalue weighted by molar-refractivity contribution is 0.148. The van der Waals surface area contributed by atoms with E-state index in [1.165, 1.54) is 0 Å². The van der Waals surface area contributed by atoms with E-state index in [9.17, 15) is 0 Å². The lowest BCUT2D eigenvalue weighted by atomic mass is 10.1. The highest BCUT2D eigenvalue weighted by molar-refractivity contribution is 5.31. The van der Waals surface area contributed by atoms with Crippen molar-refractivity contribution < 1.29 is 9.47 Å². The molecule has 0 aliphatic heterocycles. The maximum Gasteiger partial charge on any atom is 0.120 e. The Bertz CT molecular complexity index is 346. The predicted octanol–water partition coefficient (Wildman–Crippen LogP) is 3.34. The van der Waals surface area contributed by atoms with Gasteiger partial charge in [-0.2, -0.15) is 0 Å². The summed E-state index contributed by atoms with van der Waals surface area (Å²) < 4.78 is 11.2. The second-order valence-electron chi connectivity index (χ2n) is 5.63. The molecule has 0 bridgehead atoms. The van der Waals surface area contributed by atoms with Crippen LogP contribution in [0.4, 0.5) is 0 Å². The Hall–Kier alpha value is -1.22. The zero-order chi connectivity index (χ0) is 14.3. The Labute approximate surface area is 117 Å². The Morgan fingerprint density at radius 2 is 1.53 bits per heavy atom. The minimum atomic E-state index is 0.187. The molecule has 1 aromatic rings. The van der Waals surface area contributed by atoms with Crippen LogP contribution in [0.3, 0.4) is 0 Å². The maximum absolute atomic E-state index is 6.04. The summed E-state index contributed by atoms with van der Waals surface area (Å²) in [5.74, 6) is 2.88. The van der Waals surface area contributed by atoms with Gasteiger partial charge in [0.25, 0.3) is 0 Å². The molecule has 0 amide bonds. The monoisotopic (exact) mass is 265 g/mol. The Balaban J connectivity index is 2.52. The second kappa shape index (κ2) is 8.05. The molecule has 0 aliphatic carbocycles. The highest BCUT2D eigenvalue weighted by Crippen LogP contribution is 2.20. The molecule has 0 heterocycles. The number of hydrogen-bond donors (Lipinski definition) is 1. The molecule has 3 heteroatoms. The van der Waals surface area contributed by atoms with Gasteiger partial charge in [-0.25, -0.2) is 0 Å². The van der Waals surface area contributed by atoms with Gasteiger partial charge in [-0.05, 0) is 42.6 Å². The van der Waals surface area contributed by atoms with Crippen molar-refractivity contribution in [2.24, 2.45) is 11.8 Å². The first-order chi connectivity index (χ1) is 9.02. The van der Waals surface area contributed by atoms with E-state index in [-0.39, 0.29) is 6.10 Å². The van der Waals surface area contributed by atoms with Gasteiger partial charge in [-0.3, -0.25) is 0 Å². The summed E-state index contributed by atoms with van der Waals surface area (Å²) in [5, 5.41) is 3.46. The van der Waals surface area contributed by atoms with Gasteiger partial charge in [-0.1, -0.05) is 27.7 Å². The van der Waals surface area contributed by atoms with Crippen LogP contribution in [0.2, 0.25) is 0 Å². The summed E-state index contributed by atoms with van der Waals surface area (Å²) >= 11 is 0. The molecule has 1 aromatic carbocycles. The number of nitrogens with one attached hydrogen (secondary N) is 1. The van der Waals surface area contributed by atoms with Crippen LogP contribution in [0.5, 0.6) is 11.5 Å². The molecule has 1 atom stereocenters. The molecule has 3 nitrogen and oxygen atoms in total. The molecule has 0 aliphatic rings. The molecule has 0 saturated heterocycles.